The zero-order valence-electron chi connectivity index (χ0n) is 17.2. The third-order valence-electron chi connectivity index (χ3n) is 5.00. The number of likely N-dealkylation sites (tertiary alicyclic amines) is 1. The van der Waals surface area contributed by atoms with Gasteiger partial charge < -0.3 is 20.3 Å². The Hall–Kier alpha value is -1.58. The third-order valence-corrected chi connectivity index (χ3v) is 5.00. The van der Waals surface area contributed by atoms with Crippen molar-refractivity contribution in [2.45, 2.75) is 45.6 Å². The first-order chi connectivity index (χ1) is 13.2. The monoisotopic (exact) mass is 503 g/mol. The van der Waals surface area contributed by atoms with E-state index >= 15 is 0 Å². The maximum Gasteiger partial charge on any atom is 0.225 e. The summed E-state index contributed by atoms with van der Waals surface area (Å²) >= 11 is 0. The molecule has 1 aliphatic heterocycles. The molecule has 1 aromatic rings. The highest BCUT2D eigenvalue weighted by Crippen LogP contribution is 2.17. The van der Waals surface area contributed by atoms with Crippen LogP contribution in [0.25, 0.3) is 0 Å². The van der Waals surface area contributed by atoms with Crippen molar-refractivity contribution in [3.05, 3.63) is 24.5 Å². The van der Waals surface area contributed by atoms with Gasteiger partial charge in [-0.05, 0) is 37.8 Å². The number of aromatic nitrogens is 1. The molecule has 2 heterocycles. The van der Waals surface area contributed by atoms with Crippen LogP contribution in [0, 0.1) is 5.92 Å². The summed E-state index contributed by atoms with van der Waals surface area (Å²) in [5, 5.41) is 6.72. The summed E-state index contributed by atoms with van der Waals surface area (Å²) in [7, 11) is 1.77. The molecule has 1 aliphatic rings. The molecule has 0 aromatic carbocycles. The molecular formula is C20H34IN5O2. The van der Waals surface area contributed by atoms with Gasteiger partial charge in [0.25, 0.3) is 0 Å². The quantitative estimate of drug-likeness (QED) is 0.247. The minimum absolute atomic E-state index is 0. The number of rotatable bonds is 8. The van der Waals surface area contributed by atoms with E-state index in [1.54, 1.807) is 19.4 Å². The molecule has 28 heavy (non-hydrogen) atoms. The van der Waals surface area contributed by atoms with Crippen LogP contribution >= 0.6 is 24.0 Å². The van der Waals surface area contributed by atoms with Gasteiger partial charge >= 0.3 is 0 Å². The number of hydrogen-bond donors (Lipinski definition) is 2. The van der Waals surface area contributed by atoms with E-state index in [2.05, 4.69) is 34.5 Å². The summed E-state index contributed by atoms with van der Waals surface area (Å²) in [4.78, 5) is 22.8. The topological polar surface area (TPSA) is 78.9 Å². The predicted octanol–water partition coefficient (Wildman–Crippen LogP) is 2.67. The molecule has 8 heteroatoms. The van der Waals surface area contributed by atoms with E-state index in [0.29, 0.717) is 25.1 Å². The van der Waals surface area contributed by atoms with Crippen LogP contribution in [-0.4, -0.2) is 61.1 Å². The number of pyridine rings is 1. The van der Waals surface area contributed by atoms with Crippen molar-refractivity contribution in [1.82, 2.24) is 20.5 Å². The van der Waals surface area contributed by atoms with Gasteiger partial charge in [0.1, 0.15) is 12.4 Å². The zero-order valence-corrected chi connectivity index (χ0v) is 19.5. The van der Waals surface area contributed by atoms with Gasteiger partial charge in [0.15, 0.2) is 5.96 Å². The number of aliphatic imine (C=N–C) groups is 1. The third kappa shape index (κ3) is 7.81. The Kier molecular flexibility index (Phi) is 11.9. The van der Waals surface area contributed by atoms with Crippen molar-refractivity contribution in [2.75, 3.05) is 33.3 Å². The highest BCUT2D eigenvalue weighted by Gasteiger charge is 2.26. The molecule has 0 spiro atoms. The van der Waals surface area contributed by atoms with Crippen molar-refractivity contribution in [1.29, 1.82) is 0 Å². The first kappa shape index (κ1) is 24.5. The fourth-order valence-corrected chi connectivity index (χ4v) is 3.30. The highest BCUT2D eigenvalue weighted by molar-refractivity contribution is 14.0. The first-order valence-electron chi connectivity index (χ1n) is 9.96. The van der Waals surface area contributed by atoms with Gasteiger partial charge in [0.05, 0.1) is 12.7 Å². The Morgan fingerprint density at radius 3 is 2.64 bits per heavy atom. The van der Waals surface area contributed by atoms with Gasteiger partial charge in [-0.1, -0.05) is 13.8 Å². The molecule has 158 valence electrons. The lowest BCUT2D eigenvalue weighted by Gasteiger charge is -2.34. The molecule has 2 N–H and O–H groups in total. The van der Waals surface area contributed by atoms with Crippen molar-refractivity contribution < 1.29 is 9.53 Å². The van der Waals surface area contributed by atoms with Gasteiger partial charge in [-0.2, -0.15) is 0 Å². The fraction of sp³-hybridized carbons (Fsp3) is 0.650. The SMILES string of the molecule is CCC(CC)C(=O)N1CCC(NC(=NC)NCCOc2cccnc2)CC1.I. The largest absolute Gasteiger partial charge is 0.490 e. The Balaban J connectivity index is 0.00000392. The standard InChI is InChI=1S/C20H33N5O2.HI/c1-4-16(5-2)19(26)25-12-8-17(9-13-25)24-20(21-3)23-11-14-27-18-7-6-10-22-15-18;/h6-7,10,15-17H,4-5,8-9,11-14H2,1-3H3,(H2,21,23,24);1H. The predicted molar refractivity (Wildman–Crippen MR) is 123 cm³/mol. The van der Waals surface area contributed by atoms with Gasteiger partial charge in [0.2, 0.25) is 5.91 Å². The van der Waals surface area contributed by atoms with Crippen LogP contribution < -0.4 is 15.4 Å². The molecule has 1 fully saturated rings. The maximum absolute atomic E-state index is 12.5. The van der Waals surface area contributed by atoms with Crippen LogP contribution in [0.4, 0.5) is 0 Å². The molecule has 0 atom stereocenters. The Morgan fingerprint density at radius 2 is 2.07 bits per heavy atom. The lowest BCUT2D eigenvalue weighted by Crippen LogP contribution is -2.51. The van der Waals surface area contributed by atoms with E-state index in [0.717, 1.165) is 50.5 Å². The Labute approximate surface area is 185 Å². The van der Waals surface area contributed by atoms with Crippen molar-refractivity contribution in [3.63, 3.8) is 0 Å². The number of piperidine rings is 1. The lowest BCUT2D eigenvalue weighted by molar-refractivity contribution is -0.136. The number of ether oxygens (including phenoxy) is 1. The number of guanidine groups is 1. The second kappa shape index (κ2) is 13.6. The highest BCUT2D eigenvalue weighted by atomic mass is 127. The van der Waals surface area contributed by atoms with E-state index < -0.39 is 0 Å². The van der Waals surface area contributed by atoms with E-state index in [-0.39, 0.29) is 29.9 Å². The summed E-state index contributed by atoms with van der Waals surface area (Å²) in [6.45, 7) is 7.00. The number of nitrogens with one attached hydrogen (secondary N) is 2. The molecule has 0 aliphatic carbocycles. The van der Waals surface area contributed by atoms with Gasteiger partial charge in [-0.15, -0.1) is 24.0 Å². The first-order valence-corrected chi connectivity index (χ1v) is 9.96. The molecule has 0 unspecified atom stereocenters. The summed E-state index contributed by atoms with van der Waals surface area (Å²) in [6, 6.07) is 4.07. The van der Waals surface area contributed by atoms with Gasteiger partial charge in [-0.25, -0.2) is 0 Å². The zero-order chi connectivity index (χ0) is 19.5. The normalized spacial score (nSPS) is 15.1. The minimum Gasteiger partial charge on any atom is -0.490 e. The van der Waals surface area contributed by atoms with Crippen LogP contribution in [0.2, 0.25) is 0 Å². The number of nitrogens with zero attached hydrogens (tertiary/aromatic N) is 3. The summed E-state index contributed by atoms with van der Waals surface area (Å²) in [5.74, 6) is 2.02. The summed E-state index contributed by atoms with van der Waals surface area (Å²) < 4.78 is 5.62. The van der Waals surface area contributed by atoms with E-state index in [4.69, 9.17) is 4.74 Å². The number of amides is 1. The molecule has 1 amide bonds. The molecule has 0 bridgehead atoms. The van der Waals surface area contributed by atoms with Crippen LogP contribution in [0.5, 0.6) is 5.75 Å². The van der Waals surface area contributed by atoms with Crippen molar-refractivity contribution in [3.8, 4) is 5.75 Å². The van der Waals surface area contributed by atoms with Crippen molar-refractivity contribution >= 4 is 35.8 Å². The van der Waals surface area contributed by atoms with Crippen molar-refractivity contribution in [2.24, 2.45) is 10.9 Å². The van der Waals surface area contributed by atoms with Crippen LogP contribution in [0.3, 0.4) is 0 Å². The lowest BCUT2D eigenvalue weighted by atomic mass is 9.98. The number of halogens is 1. The summed E-state index contributed by atoms with van der Waals surface area (Å²) in [5.41, 5.74) is 0. The van der Waals surface area contributed by atoms with E-state index in [9.17, 15) is 4.79 Å². The Bertz CT molecular complexity index is 588. The fourth-order valence-electron chi connectivity index (χ4n) is 3.30. The second-order valence-corrected chi connectivity index (χ2v) is 6.79. The number of carbonyl (C=O) groups excluding carboxylic acids is 1. The molecule has 1 aromatic heterocycles. The van der Waals surface area contributed by atoms with Crippen LogP contribution in [0.1, 0.15) is 39.5 Å². The molecule has 0 saturated carbocycles. The van der Waals surface area contributed by atoms with Gasteiger partial charge in [-0.3, -0.25) is 14.8 Å². The molecule has 2 rings (SSSR count). The maximum atomic E-state index is 12.5. The minimum atomic E-state index is 0. The Morgan fingerprint density at radius 1 is 1.36 bits per heavy atom. The van der Waals surface area contributed by atoms with Gasteiger partial charge in [0, 0.05) is 38.3 Å². The van der Waals surface area contributed by atoms with Crippen LogP contribution in [-0.2, 0) is 4.79 Å². The number of carbonyl (C=O) groups is 1. The van der Waals surface area contributed by atoms with E-state index in [1.807, 2.05) is 17.0 Å². The molecule has 0 radical (unpaired) electrons. The average Bonchev–Trinajstić information content (AvgIpc) is 2.72. The molecule has 1 saturated heterocycles. The number of hydrogen-bond acceptors (Lipinski definition) is 4. The smallest absolute Gasteiger partial charge is 0.225 e. The summed E-state index contributed by atoms with van der Waals surface area (Å²) in [6.07, 6.45) is 7.15. The van der Waals surface area contributed by atoms with Crippen LogP contribution in [0.15, 0.2) is 29.5 Å². The average molecular weight is 503 g/mol. The molecule has 7 nitrogen and oxygen atoms in total. The molecular weight excluding hydrogens is 469 g/mol. The van der Waals surface area contributed by atoms with E-state index in [1.165, 1.54) is 0 Å². The second-order valence-electron chi connectivity index (χ2n) is 6.79.